The number of amides is 2. The second-order valence-electron chi connectivity index (χ2n) is 9.75. The van der Waals surface area contributed by atoms with Crippen LogP contribution in [0.5, 0.6) is 11.5 Å². The number of carboxylic acid groups (broad SMARTS) is 1. The first-order chi connectivity index (χ1) is 17.5. The molecule has 0 saturated carbocycles. The third kappa shape index (κ3) is 3.85. The molecule has 1 aromatic rings. The molecule has 2 amide bonds. The number of carbonyl (C=O) groups is 5. The van der Waals surface area contributed by atoms with E-state index in [0.717, 1.165) is 10.5 Å². The molecule has 2 N–H and O–H groups in total. The van der Waals surface area contributed by atoms with E-state index in [0.29, 0.717) is 26.8 Å². The Morgan fingerprint density at radius 2 is 1.89 bits per heavy atom. The van der Waals surface area contributed by atoms with Crippen LogP contribution in [0.1, 0.15) is 37.7 Å². The number of aromatic hydroxyl groups is 1. The number of phenolic OH excluding ortho intramolecular Hbond substituents is 1. The minimum absolute atomic E-state index is 0.113. The fourth-order valence-electron chi connectivity index (χ4n) is 6.15. The number of ether oxygens (including phenoxy) is 1. The van der Waals surface area contributed by atoms with E-state index in [2.05, 4.69) is 15.9 Å². The Morgan fingerprint density at radius 3 is 2.57 bits per heavy atom. The molecule has 5 rings (SSSR count). The number of imide groups is 1. The Balaban J connectivity index is 1.65. The molecule has 4 atom stereocenters. The van der Waals surface area contributed by atoms with Gasteiger partial charge < -0.3 is 14.9 Å². The first-order valence-electron chi connectivity index (χ1n) is 11.9. The molecule has 0 radical (unpaired) electrons. The molecular weight excluding hydrogens is 546 g/mol. The Morgan fingerprint density at radius 1 is 1.16 bits per heavy atom. The van der Waals surface area contributed by atoms with Crippen LogP contribution in [0.25, 0.3) is 0 Å². The normalized spacial score (nSPS) is 26.9. The van der Waals surface area contributed by atoms with Crippen molar-refractivity contribution < 1.29 is 38.9 Å². The molecule has 0 aromatic heterocycles. The number of halogens is 1. The van der Waals surface area contributed by atoms with Gasteiger partial charge in [-0.1, -0.05) is 11.6 Å². The van der Waals surface area contributed by atoms with Crippen molar-refractivity contribution in [1.29, 1.82) is 0 Å². The zero-order valence-electron chi connectivity index (χ0n) is 20.1. The van der Waals surface area contributed by atoms with Crippen molar-refractivity contribution >= 4 is 45.3 Å². The number of fused-ring (bicyclic) bond motifs is 3. The second kappa shape index (κ2) is 9.09. The van der Waals surface area contributed by atoms with E-state index in [1.54, 1.807) is 19.1 Å². The monoisotopic (exact) mass is 569 g/mol. The number of methoxy groups -OCH3 is 1. The summed E-state index contributed by atoms with van der Waals surface area (Å²) in [7, 11) is 1.40. The van der Waals surface area contributed by atoms with Crippen LogP contribution in [0.15, 0.2) is 51.0 Å². The third-order valence-corrected chi connectivity index (χ3v) is 8.41. The van der Waals surface area contributed by atoms with Crippen molar-refractivity contribution in [3.8, 4) is 11.5 Å². The summed E-state index contributed by atoms with van der Waals surface area (Å²) in [5, 5.41) is 19.4. The molecule has 4 aliphatic rings. The molecule has 0 spiro atoms. The zero-order valence-corrected chi connectivity index (χ0v) is 21.7. The number of phenols is 1. The second-order valence-corrected chi connectivity index (χ2v) is 10.6. The van der Waals surface area contributed by atoms with Crippen LogP contribution < -0.4 is 4.74 Å². The number of hydrogen-bond donors (Lipinski definition) is 2. The first-order valence-corrected chi connectivity index (χ1v) is 12.7. The Kier molecular flexibility index (Phi) is 6.18. The van der Waals surface area contributed by atoms with Gasteiger partial charge in [-0.2, -0.15) is 0 Å². The van der Waals surface area contributed by atoms with E-state index in [4.69, 9.17) is 9.84 Å². The summed E-state index contributed by atoms with van der Waals surface area (Å²) >= 11 is 3.34. The maximum absolute atomic E-state index is 13.5. The fraction of sp³-hybridized carbons (Fsp3) is 0.370. The molecule has 1 aromatic carbocycles. The van der Waals surface area contributed by atoms with Gasteiger partial charge in [-0.3, -0.25) is 28.9 Å². The van der Waals surface area contributed by atoms with Gasteiger partial charge >= 0.3 is 5.97 Å². The van der Waals surface area contributed by atoms with Gasteiger partial charge in [0.1, 0.15) is 0 Å². The molecule has 1 fully saturated rings. The van der Waals surface area contributed by atoms with Crippen LogP contribution >= 0.6 is 15.9 Å². The molecular formula is C27H24BrNO8. The van der Waals surface area contributed by atoms with Crippen LogP contribution in [0, 0.1) is 17.8 Å². The van der Waals surface area contributed by atoms with E-state index in [-0.39, 0.29) is 48.9 Å². The smallest absolute Gasteiger partial charge is 0.305 e. The predicted octanol–water partition coefficient (Wildman–Crippen LogP) is 3.07. The lowest BCUT2D eigenvalue weighted by atomic mass is 9.59. The van der Waals surface area contributed by atoms with Crippen LogP contribution in [-0.4, -0.2) is 58.1 Å². The zero-order chi connectivity index (χ0) is 26.8. The first kappa shape index (κ1) is 25.1. The van der Waals surface area contributed by atoms with Gasteiger partial charge in [-0.15, -0.1) is 0 Å². The Bertz CT molecular complexity index is 1390. The number of nitrogens with zero attached hydrogens (tertiary/aromatic N) is 1. The SMILES string of the molecule is COc1cc(C2C3=CCC4C(=O)N(CCC(=O)O)C(=O)C4C3CC3=C2C(=O)C(C)=CC3=O)cc(Br)c1O. The van der Waals surface area contributed by atoms with Crippen LogP contribution in [-0.2, 0) is 24.0 Å². The lowest BCUT2D eigenvalue weighted by Crippen LogP contribution is -2.40. The van der Waals surface area contributed by atoms with E-state index in [1.807, 2.05) is 6.08 Å². The van der Waals surface area contributed by atoms with Crippen molar-refractivity contribution in [1.82, 2.24) is 4.90 Å². The highest BCUT2D eigenvalue weighted by Crippen LogP contribution is 2.56. The molecule has 1 saturated heterocycles. The number of Topliss-reactive ketones (excluding diaryl/α,β-unsaturated/α-hetero) is 1. The lowest BCUT2D eigenvalue weighted by molar-refractivity contribution is -0.142. The van der Waals surface area contributed by atoms with Gasteiger partial charge in [-0.25, -0.2) is 0 Å². The average Bonchev–Trinajstić information content (AvgIpc) is 3.10. The van der Waals surface area contributed by atoms with Crippen LogP contribution in [0.2, 0.25) is 0 Å². The standard InChI is InChI=1S/C27H24BrNO8/c1-11-7-18(30)16-10-15-13(3-4-14-22(15)27(36)29(26(14)35)6-5-20(31)32)21(23(16)24(11)33)12-8-17(28)25(34)19(9-12)37-2/h3,7-9,14-15,21-22,34H,4-6,10H2,1-2H3,(H,31,32). The minimum Gasteiger partial charge on any atom is -0.503 e. The van der Waals surface area contributed by atoms with E-state index < -0.39 is 41.5 Å². The molecule has 4 unspecified atom stereocenters. The summed E-state index contributed by atoms with van der Waals surface area (Å²) in [5.74, 6) is -5.06. The van der Waals surface area contributed by atoms with Crippen molar-refractivity contribution in [3.63, 3.8) is 0 Å². The number of carboxylic acids is 1. The number of aliphatic carboxylic acids is 1. The topological polar surface area (TPSA) is 138 Å². The minimum atomic E-state index is -1.11. The van der Waals surface area contributed by atoms with Gasteiger partial charge in [0.2, 0.25) is 11.8 Å². The number of carbonyl (C=O) groups excluding carboxylic acids is 4. The summed E-state index contributed by atoms with van der Waals surface area (Å²) in [6.45, 7) is 1.38. The van der Waals surface area contributed by atoms with Crippen LogP contribution in [0.3, 0.4) is 0 Å². The summed E-state index contributed by atoms with van der Waals surface area (Å²) in [6, 6.07) is 3.27. The van der Waals surface area contributed by atoms with Crippen molar-refractivity contribution in [2.75, 3.05) is 13.7 Å². The van der Waals surface area contributed by atoms with Crippen molar-refractivity contribution in [2.24, 2.45) is 17.8 Å². The molecule has 10 heteroatoms. The number of rotatable bonds is 5. The highest BCUT2D eigenvalue weighted by Gasteiger charge is 2.56. The highest BCUT2D eigenvalue weighted by molar-refractivity contribution is 9.10. The predicted molar refractivity (Wildman–Crippen MR) is 133 cm³/mol. The van der Waals surface area contributed by atoms with Gasteiger partial charge in [0.05, 0.1) is 29.8 Å². The fourth-order valence-corrected chi connectivity index (χ4v) is 6.61. The molecule has 1 heterocycles. The summed E-state index contributed by atoms with van der Waals surface area (Å²) in [6.07, 6.45) is 3.23. The quantitative estimate of drug-likeness (QED) is 0.313. The van der Waals surface area contributed by atoms with Gasteiger partial charge in [0.25, 0.3) is 0 Å². The van der Waals surface area contributed by atoms with Gasteiger partial charge in [0.15, 0.2) is 23.1 Å². The van der Waals surface area contributed by atoms with E-state index >= 15 is 0 Å². The number of ketones is 2. The van der Waals surface area contributed by atoms with Crippen molar-refractivity contribution in [3.05, 3.63) is 56.6 Å². The average molecular weight is 570 g/mol. The number of benzene rings is 1. The molecule has 0 bridgehead atoms. The highest BCUT2D eigenvalue weighted by atomic mass is 79.9. The molecule has 1 aliphatic heterocycles. The van der Waals surface area contributed by atoms with Crippen molar-refractivity contribution in [2.45, 2.75) is 32.1 Å². The molecule has 37 heavy (non-hydrogen) atoms. The number of hydrogen-bond acceptors (Lipinski definition) is 7. The lowest BCUT2D eigenvalue weighted by Gasteiger charge is -2.42. The Labute approximate surface area is 220 Å². The summed E-state index contributed by atoms with van der Waals surface area (Å²) in [4.78, 5) is 65.3. The third-order valence-electron chi connectivity index (χ3n) is 7.81. The largest absolute Gasteiger partial charge is 0.503 e. The molecule has 192 valence electrons. The van der Waals surface area contributed by atoms with E-state index in [9.17, 15) is 29.1 Å². The molecule has 9 nitrogen and oxygen atoms in total. The Hall–Kier alpha value is -3.53. The summed E-state index contributed by atoms with van der Waals surface area (Å²) in [5.41, 5.74) is 2.33. The summed E-state index contributed by atoms with van der Waals surface area (Å²) < 4.78 is 5.67. The number of likely N-dealkylation sites (tertiary alicyclic amines) is 1. The van der Waals surface area contributed by atoms with Crippen LogP contribution in [0.4, 0.5) is 0 Å². The maximum atomic E-state index is 13.5. The van der Waals surface area contributed by atoms with Gasteiger partial charge in [-0.05, 0) is 65.4 Å². The maximum Gasteiger partial charge on any atom is 0.305 e. The van der Waals surface area contributed by atoms with E-state index in [1.165, 1.54) is 13.2 Å². The molecule has 3 aliphatic carbocycles. The number of allylic oxidation sites excluding steroid dienone is 6. The van der Waals surface area contributed by atoms with Gasteiger partial charge in [0, 0.05) is 29.2 Å².